The van der Waals surface area contributed by atoms with Gasteiger partial charge >= 0.3 is 65.1 Å². The van der Waals surface area contributed by atoms with Crippen LogP contribution in [0.1, 0.15) is 97.5 Å². The number of phosphoric acid groups is 1. The number of allylic oxidation sites excluding steroid dienone is 1. The van der Waals surface area contributed by atoms with Gasteiger partial charge in [0.2, 0.25) is 17.7 Å². The molecule has 1 aliphatic rings. The Labute approximate surface area is 358 Å². The maximum absolute atomic E-state index is 14.1. The van der Waals surface area contributed by atoms with E-state index in [9.17, 15) is 38.3 Å². The van der Waals surface area contributed by atoms with E-state index in [0.717, 1.165) is 17.7 Å². The number of hydrogen-bond acceptors (Lipinski definition) is 10. The Balaban J connectivity index is 0.0000135. The van der Waals surface area contributed by atoms with Gasteiger partial charge in [-0.1, -0.05) is 64.7 Å². The Morgan fingerprint density at radius 1 is 1.00 bits per heavy atom. The number of rotatable bonds is 23. The van der Waals surface area contributed by atoms with Gasteiger partial charge in [0.05, 0.1) is 5.57 Å². The molecule has 3 amide bonds. The van der Waals surface area contributed by atoms with Crippen molar-refractivity contribution < 1.29 is 107 Å². The molecule has 0 spiro atoms. The Morgan fingerprint density at radius 2 is 1.66 bits per heavy atom. The van der Waals surface area contributed by atoms with Gasteiger partial charge in [-0.05, 0) is 56.0 Å². The van der Waals surface area contributed by atoms with Crippen molar-refractivity contribution in [3.05, 3.63) is 53.9 Å². The van der Waals surface area contributed by atoms with Crippen LogP contribution in [0.4, 0.5) is 0 Å². The van der Waals surface area contributed by atoms with E-state index in [2.05, 4.69) is 15.2 Å². The summed E-state index contributed by atoms with van der Waals surface area (Å²) in [5.74, 6) is -2.18. The maximum atomic E-state index is 14.1. The van der Waals surface area contributed by atoms with Crippen LogP contribution in [0.2, 0.25) is 0 Å². The van der Waals surface area contributed by atoms with Crippen LogP contribution in [0, 0.1) is 5.92 Å². The zero-order valence-corrected chi connectivity index (χ0v) is 37.3. The second-order valence-electron chi connectivity index (χ2n) is 12.9. The van der Waals surface area contributed by atoms with Crippen molar-refractivity contribution >= 4 is 37.3 Å². The van der Waals surface area contributed by atoms with E-state index in [1.807, 2.05) is 26.1 Å². The van der Waals surface area contributed by atoms with Crippen LogP contribution in [-0.4, -0.2) is 76.6 Å². The van der Waals surface area contributed by atoms with Crippen molar-refractivity contribution in [2.24, 2.45) is 5.92 Å². The molecule has 1 aliphatic heterocycles. The summed E-state index contributed by atoms with van der Waals surface area (Å²) in [7, 11) is -3.49. The number of ketones is 1. The molecule has 14 nitrogen and oxygen atoms in total. The largest absolute Gasteiger partial charge is 1.00 e. The number of nitrogens with zero attached hydrogens (tertiary/aromatic N) is 2. The van der Waals surface area contributed by atoms with Crippen LogP contribution in [-0.2, 0) is 39.5 Å². The molecule has 0 aliphatic carbocycles. The van der Waals surface area contributed by atoms with Crippen LogP contribution in [0.15, 0.2) is 48.3 Å². The zero-order valence-electron chi connectivity index (χ0n) is 32.4. The maximum Gasteiger partial charge on any atom is 1.00 e. The normalized spacial score (nSPS) is 14.9. The molecule has 2 rings (SSSR count). The number of carbonyl (C=O) groups excluding carboxylic acids is 5. The predicted octanol–water partition coefficient (Wildman–Crippen LogP) is -2.12. The summed E-state index contributed by atoms with van der Waals surface area (Å²) in [5, 5.41) is 5.64. The molecule has 0 fully saturated rings. The standard InChI is InChI=1S/C36H55N4O10P.2Na/c1-6-8-10-16-32(42)40(25-49-51(46,47)48)31(23-28-17-19-30(20-18-28)50-36(45)29-15-13-22-39(5)24-29)34(43)38-33(26(3)7-2)35(44)37-21-12-9-11-14-27(4)41;;/h13,17-20,22,24,26,31,33H,6-12,14-16,21,23,25H2,1-5H3,(H,37,44)(H,38,43)(H2,46,47,48);;/q;2*+1/p-1. The number of phosphoric ester groups is 1. The molecule has 4 unspecified atom stereocenters. The number of carbonyl (C=O) groups is 5. The third kappa shape index (κ3) is 20.1. The number of amides is 3. The summed E-state index contributed by atoms with van der Waals surface area (Å²) in [6, 6.07) is 3.98. The van der Waals surface area contributed by atoms with Gasteiger partial charge in [0.25, 0.3) is 7.82 Å². The first-order valence-corrected chi connectivity index (χ1v) is 19.1. The van der Waals surface area contributed by atoms with Gasteiger partial charge in [-0.2, -0.15) is 0 Å². The van der Waals surface area contributed by atoms with Gasteiger partial charge in [-0.3, -0.25) is 23.5 Å². The summed E-state index contributed by atoms with van der Waals surface area (Å²) < 4.78 is 21.8. The van der Waals surface area contributed by atoms with E-state index < -0.39 is 50.3 Å². The molecular formula is C36H54N4Na2O10P+. The van der Waals surface area contributed by atoms with Crippen molar-refractivity contribution in [1.82, 2.24) is 20.4 Å². The van der Waals surface area contributed by atoms with E-state index >= 15 is 0 Å². The fraction of sp³-hybridized carbons (Fsp3) is 0.583. The SMILES string of the molecule is CCCCCC(=O)N(COP(=O)([O-])O)C(Cc1ccc(OC(=O)C2=CN(C)C=CC2)cc1)C(=O)NC(C(=O)NCCCCCC(C)=O)C(C)CC.[Na+].[Na+]. The van der Waals surface area contributed by atoms with E-state index in [1.54, 1.807) is 49.3 Å². The number of esters is 1. The molecule has 1 heterocycles. The Bertz CT molecular complexity index is 1440. The van der Waals surface area contributed by atoms with Crippen molar-refractivity contribution in [3.8, 4) is 5.75 Å². The smallest absolute Gasteiger partial charge is 0.756 e. The number of hydrogen-bond donors (Lipinski definition) is 3. The number of ether oxygens (including phenoxy) is 1. The summed E-state index contributed by atoms with van der Waals surface area (Å²) in [6.45, 7) is 6.58. The van der Waals surface area contributed by atoms with Gasteiger partial charge in [0, 0.05) is 45.5 Å². The van der Waals surface area contributed by atoms with Gasteiger partial charge in [0.15, 0.2) is 0 Å². The fourth-order valence-electron chi connectivity index (χ4n) is 5.35. The molecule has 0 aromatic heterocycles. The molecule has 4 atom stereocenters. The van der Waals surface area contributed by atoms with Crippen LogP contribution in [0.25, 0.3) is 0 Å². The van der Waals surface area contributed by atoms with E-state index in [4.69, 9.17) is 4.74 Å². The third-order valence-corrected chi connectivity index (χ3v) is 8.96. The Hall–Kier alpha value is -1.84. The minimum absolute atomic E-state index is 0. The van der Waals surface area contributed by atoms with Crippen LogP contribution in [0.3, 0.4) is 0 Å². The van der Waals surface area contributed by atoms with Crippen molar-refractivity contribution in [1.29, 1.82) is 0 Å². The molecule has 17 heteroatoms. The quantitative estimate of drug-likeness (QED) is 0.0275. The molecule has 53 heavy (non-hydrogen) atoms. The molecule has 0 bridgehead atoms. The number of Topliss-reactive ketones (excluding diaryl/α,β-unsaturated/α-hetero) is 1. The van der Waals surface area contributed by atoms with Crippen molar-refractivity contribution in [2.45, 2.75) is 110 Å². The van der Waals surface area contributed by atoms with Gasteiger partial charge < -0.3 is 39.8 Å². The van der Waals surface area contributed by atoms with Gasteiger partial charge in [-0.25, -0.2) is 4.79 Å². The topological polar surface area (TPSA) is 195 Å². The first-order valence-electron chi connectivity index (χ1n) is 17.6. The van der Waals surface area contributed by atoms with Gasteiger partial charge in [-0.15, -0.1) is 0 Å². The molecule has 1 aromatic rings. The first-order chi connectivity index (χ1) is 24.1. The average Bonchev–Trinajstić information content (AvgIpc) is 3.07. The summed E-state index contributed by atoms with van der Waals surface area (Å²) >= 11 is 0. The van der Waals surface area contributed by atoms with Crippen molar-refractivity contribution in [2.75, 3.05) is 20.3 Å². The zero-order chi connectivity index (χ0) is 38.0. The van der Waals surface area contributed by atoms with E-state index in [0.29, 0.717) is 62.6 Å². The summed E-state index contributed by atoms with van der Waals surface area (Å²) in [6.07, 6.45) is 10.7. The fourth-order valence-corrected chi connectivity index (χ4v) is 5.62. The minimum Gasteiger partial charge on any atom is -0.756 e. The first kappa shape index (κ1) is 51.2. The van der Waals surface area contributed by atoms with Crippen LogP contribution in [0.5, 0.6) is 5.75 Å². The van der Waals surface area contributed by atoms with Crippen LogP contribution < -0.4 is 79.4 Å². The Kier molecular flexibility index (Phi) is 25.9. The second kappa shape index (κ2) is 26.9. The third-order valence-electron chi connectivity index (χ3n) is 8.51. The number of benzene rings is 1. The molecule has 3 N–H and O–H groups in total. The molecule has 1 aromatic carbocycles. The molecule has 0 radical (unpaired) electrons. The van der Waals surface area contributed by atoms with Crippen LogP contribution >= 0.6 is 7.82 Å². The molecule has 0 saturated carbocycles. The second-order valence-corrected chi connectivity index (χ2v) is 14.1. The summed E-state index contributed by atoms with van der Waals surface area (Å²) in [5.41, 5.74) is 0.996. The van der Waals surface area contributed by atoms with E-state index in [-0.39, 0.29) is 89.4 Å². The molecule has 284 valence electrons. The minimum atomic E-state index is -5.29. The number of nitrogens with one attached hydrogen (secondary N) is 2. The monoisotopic (exact) mass is 779 g/mol. The predicted molar refractivity (Wildman–Crippen MR) is 189 cm³/mol. The van der Waals surface area contributed by atoms with E-state index in [1.165, 1.54) is 6.92 Å². The summed E-state index contributed by atoms with van der Waals surface area (Å²) in [4.78, 5) is 88.6. The number of unbranched alkanes of at least 4 members (excludes halogenated alkanes) is 4. The van der Waals surface area contributed by atoms with Gasteiger partial charge in [0.1, 0.15) is 30.3 Å². The molecule has 0 saturated heterocycles. The van der Waals surface area contributed by atoms with Crippen molar-refractivity contribution in [3.63, 3.8) is 0 Å². The molecular weight excluding hydrogens is 725 g/mol. The average molecular weight is 780 g/mol. The Morgan fingerprint density at radius 3 is 2.25 bits per heavy atom.